The lowest BCUT2D eigenvalue weighted by Gasteiger charge is -2.23. The lowest BCUT2D eigenvalue weighted by molar-refractivity contribution is -0.157. The van der Waals surface area contributed by atoms with Gasteiger partial charge in [0.1, 0.15) is 24.4 Å². The number of carbonyl (C=O) groups is 4. The van der Waals surface area contributed by atoms with Crippen molar-refractivity contribution in [1.82, 2.24) is 5.32 Å². The van der Waals surface area contributed by atoms with Crippen LogP contribution in [0.1, 0.15) is 73.8 Å². The van der Waals surface area contributed by atoms with Gasteiger partial charge in [0.15, 0.2) is 11.5 Å². The first-order chi connectivity index (χ1) is 17.7. The molecule has 0 aliphatic rings. The van der Waals surface area contributed by atoms with Crippen LogP contribution in [0.25, 0.3) is 0 Å². The van der Waals surface area contributed by atoms with Crippen molar-refractivity contribution in [3.05, 3.63) is 23.8 Å². The molecule has 0 aliphatic heterocycles. The number of rotatable bonds is 13. The maximum atomic E-state index is 12.3. The SMILES string of the molecule is CCC(C)OC(=O)Oc1ccc(C[C@H](NCC(C)OC(=O)C(C)(C)C)C(=O)O)cc1OC(=O)OC(C)CC. The highest BCUT2D eigenvalue weighted by Gasteiger charge is 2.26. The number of carboxylic acid groups (broad SMARTS) is 1. The Balaban J connectivity index is 3.05. The van der Waals surface area contributed by atoms with Crippen molar-refractivity contribution in [3.63, 3.8) is 0 Å². The molecule has 0 saturated heterocycles. The topological polar surface area (TPSA) is 147 Å². The number of carboxylic acids is 1. The Kier molecular flexibility index (Phi) is 13.0. The van der Waals surface area contributed by atoms with Crippen LogP contribution in [-0.2, 0) is 30.2 Å². The third-order valence-corrected chi connectivity index (χ3v) is 5.45. The standard InChI is InChI=1S/C27H41NO10/c1-9-16(3)35-25(32)37-21-12-11-19(14-22(21)38-26(33)36-17(4)10-2)13-20(23(29)30)28-15-18(5)34-24(31)27(6,7)8/h11-12,14,16-18,20,28H,9-10,13,15H2,1-8H3,(H,29,30)/t16?,17?,18?,20-/m0/s1. The van der Waals surface area contributed by atoms with E-state index in [9.17, 15) is 24.3 Å². The van der Waals surface area contributed by atoms with Crippen molar-refractivity contribution in [2.75, 3.05) is 6.54 Å². The first-order valence-corrected chi connectivity index (χ1v) is 12.7. The number of hydrogen-bond acceptors (Lipinski definition) is 10. The highest BCUT2D eigenvalue weighted by atomic mass is 16.7. The molecule has 0 aliphatic carbocycles. The minimum Gasteiger partial charge on any atom is -0.480 e. The molecule has 0 spiro atoms. The molecule has 1 rings (SSSR count). The molecule has 0 fully saturated rings. The lowest BCUT2D eigenvalue weighted by atomic mass is 9.97. The van der Waals surface area contributed by atoms with Gasteiger partial charge >= 0.3 is 24.2 Å². The molecule has 3 unspecified atom stereocenters. The molecule has 0 aromatic heterocycles. The normalized spacial score (nSPS) is 14.4. The maximum absolute atomic E-state index is 12.3. The van der Waals surface area contributed by atoms with Crippen molar-refractivity contribution >= 4 is 24.2 Å². The van der Waals surface area contributed by atoms with Crippen LogP contribution in [0.3, 0.4) is 0 Å². The molecule has 0 radical (unpaired) electrons. The smallest absolute Gasteiger partial charge is 0.480 e. The van der Waals surface area contributed by atoms with Gasteiger partial charge in [0.25, 0.3) is 0 Å². The minimum absolute atomic E-state index is 0.0103. The molecule has 11 nitrogen and oxygen atoms in total. The van der Waals surface area contributed by atoms with Crippen LogP contribution in [0, 0.1) is 5.41 Å². The summed E-state index contributed by atoms with van der Waals surface area (Å²) in [6, 6.07) is 3.27. The number of ether oxygens (including phenoxy) is 5. The summed E-state index contributed by atoms with van der Waals surface area (Å²) in [6.45, 7) is 14.0. The van der Waals surface area contributed by atoms with E-state index in [0.717, 1.165) is 0 Å². The number of aliphatic carboxylic acids is 1. The molecule has 1 aromatic carbocycles. The van der Waals surface area contributed by atoms with Crippen LogP contribution in [0.15, 0.2) is 18.2 Å². The summed E-state index contributed by atoms with van der Waals surface area (Å²) in [5.74, 6) is -1.75. The fourth-order valence-corrected chi connectivity index (χ4v) is 2.76. The van der Waals surface area contributed by atoms with Gasteiger partial charge in [-0.15, -0.1) is 0 Å². The van der Waals surface area contributed by atoms with Crippen molar-refractivity contribution in [2.45, 2.75) is 99.0 Å². The number of esters is 1. The lowest BCUT2D eigenvalue weighted by Crippen LogP contribution is -2.43. The Morgan fingerprint density at radius 2 is 1.37 bits per heavy atom. The summed E-state index contributed by atoms with van der Waals surface area (Å²) in [4.78, 5) is 48.4. The van der Waals surface area contributed by atoms with E-state index in [1.165, 1.54) is 12.1 Å². The maximum Gasteiger partial charge on any atom is 0.514 e. The molecule has 2 N–H and O–H groups in total. The van der Waals surface area contributed by atoms with Gasteiger partial charge in [-0.1, -0.05) is 19.9 Å². The van der Waals surface area contributed by atoms with E-state index >= 15 is 0 Å². The van der Waals surface area contributed by atoms with Gasteiger partial charge in [0.05, 0.1) is 5.41 Å². The molecule has 214 valence electrons. The molecule has 1 aromatic rings. The fraction of sp³-hybridized carbons (Fsp3) is 0.630. The second-order valence-electron chi connectivity index (χ2n) is 10.1. The molecule has 4 atom stereocenters. The molecule has 0 saturated carbocycles. The Morgan fingerprint density at radius 1 is 0.842 bits per heavy atom. The predicted octanol–water partition coefficient (Wildman–Crippen LogP) is 4.88. The van der Waals surface area contributed by atoms with Gasteiger partial charge in [-0.3, -0.25) is 9.59 Å². The summed E-state index contributed by atoms with van der Waals surface area (Å²) in [7, 11) is 0. The van der Waals surface area contributed by atoms with Crippen LogP contribution in [0.5, 0.6) is 11.5 Å². The first kappa shape index (κ1) is 32.7. The zero-order valence-electron chi connectivity index (χ0n) is 23.5. The van der Waals surface area contributed by atoms with Gasteiger partial charge in [-0.05, 0) is 78.5 Å². The second-order valence-corrected chi connectivity index (χ2v) is 10.1. The van der Waals surface area contributed by atoms with Crippen LogP contribution in [0.2, 0.25) is 0 Å². The molecule has 0 bridgehead atoms. The van der Waals surface area contributed by atoms with E-state index in [1.54, 1.807) is 47.6 Å². The predicted molar refractivity (Wildman–Crippen MR) is 138 cm³/mol. The van der Waals surface area contributed by atoms with Crippen LogP contribution in [0.4, 0.5) is 9.59 Å². The molecule has 0 amide bonds. The van der Waals surface area contributed by atoms with E-state index in [2.05, 4.69) is 5.32 Å². The van der Waals surface area contributed by atoms with Crippen molar-refractivity contribution in [2.24, 2.45) is 5.41 Å². The summed E-state index contributed by atoms with van der Waals surface area (Å²) >= 11 is 0. The van der Waals surface area contributed by atoms with E-state index in [-0.39, 0.29) is 30.6 Å². The molecule has 11 heteroatoms. The highest BCUT2D eigenvalue weighted by molar-refractivity contribution is 5.76. The Morgan fingerprint density at radius 3 is 1.84 bits per heavy atom. The van der Waals surface area contributed by atoms with Crippen LogP contribution in [-0.4, -0.2) is 60.3 Å². The van der Waals surface area contributed by atoms with E-state index < -0.39 is 47.9 Å². The first-order valence-electron chi connectivity index (χ1n) is 12.7. The van der Waals surface area contributed by atoms with Gasteiger partial charge in [0, 0.05) is 6.54 Å². The third kappa shape index (κ3) is 11.8. The quantitative estimate of drug-likeness (QED) is 0.201. The van der Waals surface area contributed by atoms with Gasteiger partial charge in [-0.25, -0.2) is 9.59 Å². The van der Waals surface area contributed by atoms with Crippen molar-refractivity contribution in [3.8, 4) is 11.5 Å². The number of carbonyl (C=O) groups excluding carboxylic acids is 3. The van der Waals surface area contributed by atoms with Crippen molar-refractivity contribution in [1.29, 1.82) is 0 Å². The van der Waals surface area contributed by atoms with Crippen molar-refractivity contribution < 1.29 is 48.0 Å². The summed E-state index contributed by atoms with van der Waals surface area (Å²) in [5.41, 5.74) is -0.212. The Bertz CT molecular complexity index is 956. The van der Waals surface area contributed by atoms with Crippen LogP contribution < -0.4 is 14.8 Å². The number of nitrogens with one attached hydrogen (secondary N) is 1. The Hall–Kier alpha value is -3.34. The second kappa shape index (κ2) is 15.2. The van der Waals surface area contributed by atoms with E-state index in [4.69, 9.17) is 23.7 Å². The summed E-state index contributed by atoms with van der Waals surface area (Å²) < 4.78 is 26.1. The fourth-order valence-electron chi connectivity index (χ4n) is 2.76. The number of benzene rings is 1. The molecule has 0 heterocycles. The largest absolute Gasteiger partial charge is 0.514 e. The minimum atomic E-state index is -1.13. The summed E-state index contributed by atoms with van der Waals surface area (Å²) in [5, 5.41) is 12.6. The summed E-state index contributed by atoms with van der Waals surface area (Å²) in [6.07, 6.45) is -2.19. The Labute approximate surface area is 224 Å². The average Bonchev–Trinajstić information content (AvgIpc) is 2.81. The third-order valence-electron chi connectivity index (χ3n) is 5.45. The monoisotopic (exact) mass is 539 g/mol. The molecular weight excluding hydrogens is 498 g/mol. The van der Waals surface area contributed by atoms with Gasteiger partial charge in [-0.2, -0.15) is 0 Å². The average molecular weight is 540 g/mol. The molecular formula is C27H41NO10. The van der Waals surface area contributed by atoms with E-state index in [1.807, 2.05) is 13.8 Å². The molecule has 38 heavy (non-hydrogen) atoms. The highest BCUT2D eigenvalue weighted by Crippen LogP contribution is 2.30. The van der Waals surface area contributed by atoms with E-state index in [0.29, 0.717) is 18.4 Å². The zero-order chi connectivity index (χ0) is 29.0. The van der Waals surface area contributed by atoms with Gasteiger partial charge < -0.3 is 34.1 Å². The number of hydrogen-bond donors (Lipinski definition) is 2. The zero-order valence-corrected chi connectivity index (χ0v) is 23.5. The van der Waals surface area contributed by atoms with Crippen LogP contribution >= 0.6 is 0 Å². The van der Waals surface area contributed by atoms with Gasteiger partial charge in [0.2, 0.25) is 0 Å².